The van der Waals surface area contributed by atoms with Crippen LogP contribution in [0.25, 0.3) is 5.69 Å². The summed E-state index contributed by atoms with van der Waals surface area (Å²) in [4.78, 5) is 17.2. The number of carbonyl (C=O) groups is 1. The van der Waals surface area contributed by atoms with Crippen molar-refractivity contribution in [1.29, 1.82) is 0 Å². The number of aromatic carboxylic acids is 1. The van der Waals surface area contributed by atoms with Gasteiger partial charge in [0.2, 0.25) is 5.69 Å². The van der Waals surface area contributed by atoms with Gasteiger partial charge in [0, 0.05) is 32.7 Å². The summed E-state index contributed by atoms with van der Waals surface area (Å²) in [6.45, 7) is 3.79. The Morgan fingerprint density at radius 1 is 0.964 bits per heavy atom. The fourth-order valence-electron chi connectivity index (χ4n) is 3.30. The predicted octanol–water partition coefficient (Wildman–Crippen LogP) is 2.43. The molecule has 4 rings (SSSR count). The van der Waals surface area contributed by atoms with Crippen LogP contribution in [0.2, 0.25) is 0 Å². The van der Waals surface area contributed by atoms with E-state index in [1.54, 1.807) is 0 Å². The quantitative estimate of drug-likeness (QED) is 0.732. The van der Waals surface area contributed by atoms with Gasteiger partial charge in [-0.1, -0.05) is 30.3 Å². The third kappa shape index (κ3) is 3.86. The summed E-state index contributed by atoms with van der Waals surface area (Å²) in [7, 11) is 0. The zero-order valence-corrected chi connectivity index (χ0v) is 15.2. The maximum Gasteiger partial charge on any atom is 0.360 e. The van der Waals surface area contributed by atoms with E-state index in [1.165, 1.54) is 34.6 Å². The third-order valence-electron chi connectivity index (χ3n) is 4.78. The van der Waals surface area contributed by atoms with Crippen LogP contribution in [0.15, 0.2) is 54.6 Å². The molecule has 0 atom stereocenters. The smallest absolute Gasteiger partial charge is 0.360 e. The molecule has 2 aromatic carbocycles. The Bertz CT molecular complexity index is 950. The summed E-state index contributed by atoms with van der Waals surface area (Å²) in [6.07, 6.45) is 0. The second-order valence-electron chi connectivity index (χ2n) is 6.69. The van der Waals surface area contributed by atoms with Crippen molar-refractivity contribution in [3.8, 4) is 5.69 Å². The van der Waals surface area contributed by atoms with Crippen LogP contribution in [-0.4, -0.2) is 57.1 Å². The number of rotatable bonds is 5. The van der Waals surface area contributed by atoms with Gasteiger partial charge in [0.25, 0.3) is 0 Å². The fraction of sp³-hybridized carbons (Fsp3) is 0.250. The number of piperazine rings is 1. The first-order valence-electron chi connectivity index (χ1n) is 9.08. The van der Waals surface area contributed by atoms with Crippen molar-refractivity contribution in [2.24, 2.45) is 0 Å². The molecular formula is C20H20FN5O2. The van der Waals surface area contributed by atoms with Crippen LogP contribution in [-0.2, 0) is 6.54 Å². The van der Waals surface area contributed by atoms with Gasteiger partial charge in [0.15, 0.2) is 5.82 Å². The molecule has 2 heterocycles. The van der Waals surface area contributed by atoms with Gasteiger partial charge >= 0.3 is 5.97 Å². The molecule has 3 aromatic rings. The Balaban J connectivity index is 1.49. The molecule has 0 unspecified atom stereocenters. The van der Waals surface area contributed by atoms with Gasteiger partial charge in [-0.3, -0.25) is 4.90 Å². The summed E-state index contributed by atoms with van der Waals surface area (Å²) in [5, 5.41) is 18.0. The SMILES string of the molecule is O=C(O)c1nn(-c2ccc(F)cc2)nc1N1CCN(Cc2ccccc2)CC1. The lowest BCUT2D eigenvalue weighted by Gasteiger charge is -2.34. The van der Waals surface area contributed by atoms with Gasteiger partial charge < -0.3 is 10.0 Å². The van der Waals surface area contributed by atoms with Crippen LogP contribution in [0.1, 0.15) is 16.1 Å². The van der Waals surface area contributed by atoms with Gasteiger partial charge in [-0.15, -0.1) is 15.0 Å². The molecule has 8 heteroatoms. The molecule has 1 aromatic heterocycles. The van der Waals surface area contributed by atoms with Crippen LogP contribution in [0.5, 0.6) is 0 Å². The van der Waals surface area contributed by atoms with Gasteiger partial charge in [-0.05, 0) is 29.8 Å². The average molecular weight is 381 g/mol. The highest BCUT2D eigenvalue weighted by molar-refractivity contribution is 5.91. The summed E-state index contributed by atoms with van der Waals surface area (Å²) in [5.41, 5.74) is 1.67. The van der Waals surface area contributed by atoms with E-state index in [-0.39, 0.29) is 11.5 Å². The van der Waals surface area contributed by atoms with E-state index in [4.69, 9.17) is 0 Å². The first-order chi connectivity index (χ1) is 13.6. The number of aromatic nitrogens is 3. The van der Waals surface area contributed by atoms with Gasteiger partial charge in [-0.25, -0.2) is 9.18 Å². The lowest BCUT2D eigenvalue weighted by molar-refractivity contribution is 0.0690. The predicted molar refractivity (Wildman–Crippen MR) is 102 cm³/mol. The number of anilines is 1. The lowest BCUT2D eigenvalue weighted by Crippen LogP contribution is -2.46. The standard InChI is InChI=1S/C20H20FN5O2/c21-16-6-8-17(9-7-16)26-22-18(20(27)28)19(23-26)25-12-10-24(11-13-25)14-15-4-2-1-3-5-15/h1-9H,10-14H2,(H,27,28). The van der Waals surface area contributed by atoms with Crippen molar-refractivity contribution in [3.63, 3.8) is 0 Å². The van der Waals surface area contributed by atoms with E-state index in [0.29, 0.717) is 24.6 Å². The topological polar surface area (TPSA) is 74.5 Å². The van der Waals surface area contributed by atoms with Gasteiger partial charge in [-0.2, -0.15) is 0 Å². The fourth-order valence-corrected chi connectivity index (χ4v) is 3.30. The first kappa shape index (κ1) is 18.1. The minimum atomic E-state index is -1.13. The first-order valence-corrected chi connectivity index (χ1v) is 9.08. The Hall–Kier alpha value is -3.26. The van der Waals surface area contributed by atoms with Crippen LogP contribution in [0.3, 0.4) is 0 Å². The van der Waals surface area contributed by atoms with Crippen LogP contribution in [0, 0.1) is 5.82 Å². The number of benzene rings is 2. The van der Waals surface area contributed by atoms with Crippen LogP contribution in [0.4, 0.5) is 10.2 Å². The normalized spacial score (nSPS) is 15.0. The number of halogens is 1. The molecule has 0 amide bonds. The molecule has 0 saturated carbocycles. The van der Waals surface area contributed by atoms with Crippen molar-refractivity contribution in [2.45, 2.75) is 6.54 Å². The van der Waals surface area contributed by atoms with E-state index in [2.05, 4.69) is 27.2 Å². The molecule has 1 aliphatic heterocycles. The molecule has 1 aliphatic rings. The zero-order chi connectivity index (χ0) is 19.5. The molecule has 0 bridgehead atoms. The molecule has 0 radical (unpaired) electrons. The van der Waals surface area contributed by atoms with Crippen LogP contribution < -0.4 is 4.90 Å². The summed E-state index contributed by atoms with van der Waals surface area (Å²) in [6, 6.07) is 15.9. The Labute approximate surface area is 161 Å². The van der Waals surface area contributed by atoms with E-state index in [0.717, 1.165) is 19.6 Å². The monoisotopic (exact) mass is 381 g/mol. The molecule has 144 valence electrons. The highest BCUT2D eigenvalue weighted by Crippen LogP contribution is 2.21. The van der Waals surface area contributed by atoms with Crippen LogP contribution >= 0.6 is 0 Å². The Kier molecular flexibility index (Phi) is 5.03. The zero-order valence-electron chi connectivity index (χ0n) is 15.2. The molecule has 0 aliphatic carbocycles. The van der Waals surface area contributed by atoms with Gasteiger partial charge in [0.05, 0.1) is 5.69 Å². The number of hydrogen-bond acceptors (Lipinski definition) is 5. The largest absolute Gasteiger partial charge is 0.476 e. The number of hydrogen-bond donors (Lipinski definition) is 1. The summed E-state index contributed by atoms with van der Waals surface area (Å²) < 4.78 is 13.1. The lowest BCUT2D eigenvalue weighted by atomic mass is 10.2. The minimum absolute atomic E-state index is 0.0964. The highest BCUT2D eigenvalue weighted by Gasteiger charge is 2.26. The molecular weight excluding hydrogens is 361 g/mol. The Morgan fingerprint density at radius 3 is 2.29 bits per heavy atom. The second-order valence-corrected chi connectivity index (χ2v) is 6.69. The summed E-state index contributed by atoms with van der Waals surface area (Å²) in [5.74, 6) is -1.16. The molecule has 0 spiro atoms. The van der Waals surface area contributed by atoms with E-state index >= 15 is 0 Å². The van der Waals surface area contributed by atoms with E-state index in [9.17, 15) is 14.3 Å². The number of carboxylic acids is 1. The Morgan fingerprint density at radius 2 is 1.64 bits per heavy atom. The van der Waals surface area contributed by atoms with Crippen molar-refractivity contribution in [3.05, 3.63) is 71.7 Å². The third-order valence-corrected chi connectivity index (χ3v) is 4.78. The van der Waals surface area contributed by atoms with Crippen molar-refractivity contribution < 1.29 is 14.3 Å². The highest BCUT2D eigenvalue weighted by atomic mass is 19.1. The van der Waals surface area contributed by atoms with Gasteiger partial charge in [0.1, 0.15) is 5.82 Å². The average Bonchev–Trinajstić information content (AvgIpc) is 3.16. The minimum Gasteiger partial charge on any atom is -0.476 e. The summed E-state index contributed by atoms with van der Waals surface area (Å²) >= 11 is 0. The van der Waals surface area contributed by atoms with Crippen molar-refractivity contribution in [2.75, 3.05) is 31.1 Å². The molecule has 28 heavy (non-hydrogen) atoms. The van der Waals surface area contributed by atoms with Crippen molar-refractivity contribution >= 4 is 11.8 Å². The number of carboxylic acid groups (broad SMARTS) is 1. The molecule has 1 fully saturated rings. The van der Waals surface area contributed by atoms with E-state index in [1.807, 2.05) is 23.1 Å². The maximum absolute atomic E-state index is 13.1. The number of nitrogens with zero attached hydrogens (tertiary/aromatic N) is 5. The van der Waals surface area contributed by atoms with Crippen molar-refractivity contribution in [1.82, 2.24) is 19.9 Å². The maximum atomic E-state index is 13.1. The molecule has 1 N–H and O–H groups in total. The van der Waals surface area contributed by atoms with E-state index < -0.39 is 5.97 Å². The molecule has 1 saturated heterocycles. The second kappa shape index (κ2) is 7.77. The molecule has 7 nitrogen and oxygen atoms in total.